The van der Waals surface area contributed by atoms with Crippen molar-refractivity contribution in [3.05, 3.63) is 23.2 Å². The van der Waals surface area contributed by atoms with Gasteiger partial charge in [-0.3, -0.25) is 9.59 Å². The molecule has 0 aliphatic heterocycles. The molecule has 1 aromatic carbocycles. The molecular weight excluding hydrogens is 368 g/mol. The van der Waals surface area contributed by atoms with Crippen molar-refractivity contribution in [2.75, 3.05) is 24.9 Å². The Bertz CT molecular complexity index is 814. The maximum atomic E-state index is 12.2. The van der Waals surface area contributed by atoms with Crippen LogP contribution >= 0.6 is 11.3 Å². The van der Waals surface area contributed by atoms with Crippen molar-refractivity contribution in [1.82, 2.24) is 10.2 Å². The number of hydrogen-bond donors (Lipinski definition) is 2. The molecule has 0 radical (unpaired) electrons. The number of benzene rings is 1. The van der Waals surface area contributed by atoms with Crippen molar-refractivity contribution < 1.29 is 19.1 Å². The third kappa shape index (κ3) is 5.92. The van der Waals surface area contributed by atoms with Crippen LogP contribution in [-0.2, 0) is 15.0 Å². The zero-order valence-electron chi connectivity index (χ0n) is 16.1. The quantitative estimate of drug-likeness (QED) is 0.750. The summed E-state index contributed by atoms with van der Waals surface area (Å²) in [5, 5.41) is 14.7. The zero-order chi connectivity index (χ0) is 20.0. The SMILES string of the molecule is COc1ccc(OC)c(NC(=O)CCC(=O)Nc2nnc(C(C)(C)C)s2)c1. The minimum absolute atomic E-state index is 0.0249. The van der Waals surface area contributed by atoms with Gasteiger partial charge >= 0.3 is 0 Å². The molecule has 146 valence electrons. The summed E-state index contributed by atoms with van der Waals surface area (Å²) in [4.78, 5) is 24.2. The molecular formula is C18H24N4O4S. The number of methoxy groups -OCH3 is 2. The maximum Gasteiger partial charge on any atom is 0.226 e. The highest BCUT2D eigenvalue weighted by Gasteiger charge is 2.20. The van der Waals surface area contributed by atoms with E-state index in [0.29, 0.717) is 22.3 Å². The van der Waals surface area contributed by atoms with E-state index in [4.69, 9.17) is 9.47 Å². The van der Waals surface area contributed by atoms with Crippen LogP contribution in [0.15, 0.2) is 18.2 Å². The summed E-state index contributed by atoms with van der Waals surface area (Å²) in [7, 11) is 3.05. The molecule has 0 unspecified atom stereocenters. The second-order valence-corrected chi connectivity index (χ2v) is 7.80. The van der Waals surface area contributed by atoms with Gasteiger partial charge < -0.3 is 20.1 Å². The van der Waals surface area contributed by atoms with Crippen LogP contribution in [0.3, 0.4) is 0 Å². The molecule has 2 amide bonds. The van der Waals surface area contributed by atoms with E-state index in [1.807, 2.05) is 20.8 Å². The molecule has 0 bridgehead atoms. The molecule has 1 heterocycles. The molecule has 2 aromatic rings. The average Bonchev–Trinajstić information content (AvgIpc) is 3.08. The van der Waals surface area contributed by atoms with E-state index < -0.39 is 0 Å². The number of rotatable bonds is 7. The van der Waals surface area contributed by atoms with Crippen molar-refractivity contribution in [2.45, 2.75) is 39.0 Å². The number of aromatic nitrogens is 2. The van der Waals surface area contributed by atoms with Crippen LogP contribution < -0.4 is 20.1 Å². The van der Waals surface area contributed by atoms with Gasteiger partial charge in [0.15, 0.2) is 0 Å². The molecule has 0 saturated heterocycles. The van der Waals surface area contributed by atoms with E-state index in [2.05, 4.69) is 20.8 Å². The smallest absolute Gasteiger partial charge is 0.226 e. The second-order valence-electron chi connectivity index (χ2n) is 6.82. The van der Waals surface area contributed by atoms with Crippen molar-refractivity contribution in [3.8, 4) is 11.5 Å². The number of anilines is 2. The monoisotopic (exact) mass is 392 g/mol. The molecule has 0 saturated carbocycles. The number of carbonyl (C=O) groups excluding carboxylic acids is 2. The largest absolute Gasteiger partial charge is 0.497 e. The lowest BCUT2D eigenvalue weighted by Crippen LogP contribution is -2.17. The zero-order valence-corrected chi connectivity index (χ0v) is 16.9. The molecule has 27 heavy (non-hydrogen) atoms. The number of nitrogens with one attached hydrogen (secondary N) is 2. The third-order valence-electron chi connectivity index (χ3n) is 3.57. The predicted octanol–water partition coefficient (Wildman–Crippen LogP) is 3.21. The summed E-state index contributed by atoms with van der Waals surface area (Å²) in [6.07, 6.45) is 0.0552. The van der Waals surface area contributed by atoms with Crippen LogP contribution in [0.2, 0.25) is 0 Å². The van der Waals surface area contributed by atoms with E-state index in [1.165, 1.54) is 25.6 Å². The van der Waals surface area contributed by atoms with Crippen LogP contribution in [0.4, 0.5) is 10.8 Å². The number of nitrogens with zero attached hydrogens (tertiary/aromatic N) is 2. The Hall–Kier alpha value is -2.68. The van der Waals surface area contributed by atoms with Gasteiger partial charge in [0.2, 0.25) is 16.9 Å². The molecule has 2 N–H and O–H groups in total. The Labute approximate surface area is 162 Å². The Morgan fingerprint density at radius 2 is 1.70 bits per heavy atom. The number of hydrogen-bond acceptors (Lipinski definition) is 7. The van der Waals surface area contributed by atoms with Gasteiger partial charge in [0.05, 0.1) is 19.9 Å². The number of amides is 2. The van der Waals surface area contributed by atoms with Gasteiger partial charge in [0.1, 0.15) is 16.5 Å². The summed E-state index contributed by atoms with van der Waals surface area (Å²) in [6, 6.07) is 5.09. The number of carbonyl (C=O) groups is 2. The van der Waals surface area contributed by atoms with Crippen molar-refractivity contribution >= 4 is 34.0 Å². The van der Waals surface area contributed by atoms with Crippen molar-refractivity contribution in [3.63, 3.8) is 0 Å². The summed E-state index contributed by atoms with van der Waals surface area (Å²) in [6.45, 7) is 6.07. The minimum Gasteiger partial charge on any atom is -0.497 e. The molecule has 0 aliphatic rings. The van der Waals surface area contributed by atoms with Gasteiger partial charge in [-0.15, -0.1) is 10.2 Å². The molecule has 0 spiro atoms. The first-order valence-electron chi connectivity index (χ1n) is 8.38. The molecule has 1 aromatic heterocycles. The van der Waals surface area contributed by atoms with Crippen molar-refractivity contribution in [1.29, 1.82) is 0 Å². The van der Waals surface area contributed by atoms with E-state index in [-0.39, 0.29) is 30.1 Å². The summed E-state index contributed by atoms with van der Waals surface area (Å²) < 4.78 is 10.4. The Kier molecular flexibility index (Phi) is 6.73. The molecule has 9 heteroatoms. The van der Waals surface area contributed by atoms with Crippen LogP contribution in [0.25, 0.3) is 0 Å². The van der Waals surface area contributed by atoms with Gasteiger partial charge in [-0.25, -0.2) is 0 Å². The van der Waals surface area contributed by atoms with E-state index in [0.717, 1.165) is 5.01 Å². The predicted molar refractivity (Wildman–Crippen MR) is 105 cm³/mol. The van der Waals surface area contributed by atoms with Gasteiger partial charge in [-0.05, 0) is 12.1 Å². The van der Waals surface area contributed by atoms with E-state index in [1.54, 1.807) is 18.2 Å². The van der Waals surface area contributed by atoms with Crippen LogP contribution in [0.5, 0.6) is 11.5 Å². The normalized spacial score (nSPS) is 11.0. The highest BCUT2D eigenvalue weighted by atomic mass is 32.1. The van der Waals surface area contributed by atoms with Crippen LogP contribution in [-0.4, -0.2) is 36.2 Å². The first-order chi connectivity index (χ1) is 12.7. The van der Waals surface area contributed by atoms with Crippen LogP contribution in [0, 0.1) is 0 Å². The van der Waals surface area contributed by atoms with Gasteiger partial charge in [0, 0.05) is 24.3 Å². The summed E-state index contributed by atoms with van der Waals surface area (Å²) in [5.74, 6) is 0.510. The van der Waals surface area contributed by atoms with Crippen molar-refractivity contribution in [2.24, 2.45) is 0 Å². The first kappa shape index (κ1) is 20.6. The fourth-order valence-corrected chi connectivity index (χ4v) is 2.93. The Morgan fingerprint density at radius 3 is 2.26 bits per heavy atom. The summed E-state index contributed by atoms with van der Waals surface area (Å²) >= 11 is 1.33. The Balaban J connectivity index is 1.88. The minimum atomic E-state index is -0.302. The molecule has 0 aliphatic carbocycles. The highest BCUT2D eigenvalue weighted by molar-refractivity contribution is 7.15. The fourth-order valence-electron chi connectivity index (χ4n) is 2.11. The van der Waals surface area contributed by atoms with Gasteiger partial charge in [0.25, 0.3) is 0 Å². The van der Waals surface area contributed by atoms with Crippen LogP contribution in [0.1, 0.15) is 38.6 Å². The molecule has 0 atom stereocenters. The first-order valence-corrected chi connectivity index (χ1v) is 9.20. The van der Waals surface area contributed by atoms with E-state index in [9.17, 15) is 9.59 Å². The fraction of sp³-hybridized carbons (Fsp3) is 0.444. The third-order valence-corrected chi connectivity index (χ3v) is 4.84. The van der Waals surface area contributed by atoms with Gasteiger partial charge in [-0.2, -0.15) is 0 Å². The number of ether oxygens (including phenoxy) is 2. The lowest BCUT2D eigenvalue weighted by molar-refractivity contribution is -0.121. The van der Waals surface area contributed by atoms with E-state index >= 15 is 0 Å². The summed E-state index contributed by atoms with van der Waals surface area (Å²) in [5.41, 5.74) is 0.359. The Morgan fingerprint density at radius 1 is 1.04 bits per heavy atom. The standard InChI is InChI=1S/C18H24N4O4S/c1-18(2,3)16-21-22-17(27-16)20-15(24)9-8-14(23)19-12-10-11(25-4)6-7-13(12)26-5/h6-7,10H,8-9H2,1-5H3,(H,19,23)(H,20,22,24). The van der Waals surface area contributed by atoms with Gasteiger partial charge in [-0.1, -0.05) is 32.1 Å². The lowest BCUT2D eigenvalue weighted by atomic mass is 9.98. The molecule has 2 rings (SSSR count). The average molecular weight is 392 g/mol. The second kappa shape index (κ2) is 8.81. The topological polar surface area (TPSA) is 102 Å². The molecule has 8 nitrogen and oxygen atoms in total. The maximum absolute atomic E-state index is 12.2. The highest BCUT2D eigenvalue weighted by Crippen LogP contribution is 2.29. The lowest BCUT2D eigenvalue weighted by Gasteiger charge is -2.12. The molecule has 0 fully saturated rings.